The fourth-order valence-corrected chi connectivity index (χ4v) is 2.16. The Bertz CT molecular complexity index is 486. The Kier molecular flexibility index (Phi) is 3.96. The molecule has 0 aliphatic carbocycles. The first-order chi connectivity index (χ1) is 9.09. The molecule has 1 saturated heterocycles. The maximum Gasteiger partial charge on any atom is 0.258 e. The number of amides is 2. The minimum atomic E-state index is -0.575. The smallest absolute Gasteiger partial charge is 0.258 e. The fourth-order valence-electron chi connectivity index (χ4n) is 2.16. The van der Waals surface area contributed by atoms with Crippen LogP contribution < -0.4 is 11.1 Å². The lowest BCUT2D eigenvalue weighted by Gasteiger charge is -2.27. The summed E-state index contributed by atoms with van der Waals surface area (Å²) in [7, 11) is 0. The molecule has 0 radical (unpaired) electrons. The molecular formula is C12H16N4O3. The van der Waals surface area contributed by atoms with E-state index in [1.807, 2.05) is 0 Å². The molecule has 2 rings (SSSR count). The number of nitrogens with zero attached hydrogens (tertiary/aromatic N) is 2. The minimum absolute atomic E-state index is 0.0902. The van der Waals surface area contributed by atoms with Gasteiger partial charge >= 0.3 is 0 Å². The first-order valence-corrected chi connectivity index (χ1v) is 6.02. The van der Waals surface area contributed by atoms with Gasteiger partial charge in [0.1, 0.15) is 5.75 Å². The monoisotopic (exact) mass is 264 g/mol. The summed E-state index contributed by atoms with van der Waals surface area (Å²) in [4.78, 5) is 28.6. The van der Waals surface area contributed by atoms with Crippen LogP contribution in [0.1, 0.15) is 16.8 Å². The Balaban J connectivity index is 2.24. The van der Waals surface area contributed by atoms with Crippen molar-refractivity contribution in [2.24, 2.45) is 5.73 Å². The molecule has 19 heavy (non-hydrogen) atoms. The zero-order chi connectivity index (χ0) is 13.8. The van der Waals surface area contributed by atoms with Gasteiger partial charge in [-0.25, -0.2) is 0 Å². The molecule has 0 spiro atoms. The highest BCUT2D eigenvalue weighted by atomic mass is 16.3. The van der Waals surface area contributed by atoms with Crippen LogP contribution in [-0.4, -0.2) is 52.5 Å². The molecule has 1 unspecified atom stereocenters. The van der Waals surface area contributed by atoms with Gasteiger partial charge in [-0.05, 0) is 19.0 Å². The van der Waals surface area contributed by atoms with Crippen molar-refractivity contribution in [3.8, 4) is 5.75 Å². The number of primary amides is 1. The van der Waals surface area contributed by atoms with E-state index in [-0.39, 0.29) is 23.9 Å². The van der Waals surface area contributed by atoms with Crippen LogP contribution in [0.5, 0.6) is 5.75 Å². The number of pyridine rings is 1. The highest BCUT2D eigenvalue weighted by molar-refractivity contribution is 5.98. The lowest BCUT2D eigenvalue weighted by atomic mass is 10.1. The number of nitrogens with two attached hydrogens (primary N) is 1. The van der Waals surface area contributed by atoms with Gasteiger partial charge in [-0.2, -0.15) is 0 Å². The molecule has 1 aromatic rings. The second-order valence-corrected chi connectivity index (χ2v) is 4.44. The molecule has 102 valence electrons. The third-order valence-electron chi connectivity index (χ3n) is 3.09. The molecule has 1 aliphatic rings. The Morgan fingerprint density at radius 3 is 2.95 bits per heavy atom. The number of hydrogen-bond acceptors (Lipinski definition) is 5. The van der Waals surface area contributed by atoms with Gasteiger partial charge in [-0.3, -0.25) is 14.6 Å². The SMILES string of the molecule is NC(=O)CN(C(=O)c1ccncc1O)C1CCNC1. The Hall–Kier alpha value is -2.15. The van der Waals surface area contributed by atoms with Crippen LogP contribution in [0, 0.1) is 0 Å². The molecule has 1 atom stereocenters. The maximum absolute atomic E-state index is 12.4. The topological polar surface area (TPSA) is 109 Å². The number of aromatic hydroxyl groups is 1. The van der Waals surface area contributed by atoms with Crippen molar-refractivity contribution < 1.29 is 14.7 Å². The highest BCUT2D eigenvalue weighted by Crippen LogP contribution is 2.19. The summed E-state index contributed by atoms with van der Waals surface area (Å²) in [5, 5.41) is 12.8. The summed E-state index contributed by atoms with van der Waals surface area (Å²) in [6.45, 7) is 1.24. The first-order valence-electron chi connectivity index (χ1n) is 6.02. The van der Waals surface area contributed by atoms with Gasteiger partial charge in [0.25, 0.3) is 5.91 Å². The molecule has 0 aromatic carbocycles. The van der Waals surface area contributed by atoms with Gasteiger partial charge in [-0.1, -0.05) is 0 Å². The number of hydrogen-bond donors (Lipinski definition) is 3. The lowest BCUT2D eigenvalue weighted by molar-refractivity contribution is -0.119. The summed E-state index contributed by atoms with van der Waals surface area (Å²) >= 11 is 0. The summed E-state index contributed by atoms with van der Waals surface area (Å²) in [6.07, 6.45) is 3.37. The van der Waals surface area contributed by atoms with E-state index in [9.17, 15) is 14.7 Å². The summed E-state index contributed by atoms with van der Waals surface area (Å²) in [5.74, 6) is -1.19. The average Bonchev–Trinajstić information content (AvgIpc) is 2.89. The Morgan fingerprint density at radius 1 is 1.58 bits per heavy atom. The van der Waals surface area contributed by atoms with Crippen molar-refractivity contribution in [2.75, 3.05) is 19.6 Å². The van der Waals surface area contributed by atoms with Crippen molar-refractivity contribution in [3.05, 3.63) is 24.0 Å². The lowest BCUT2D eigenvalue weighted by Crippen LogP contribution is -2.46. The summed E-state index contributed by atoms with van der Waals surface area (Å²) < 4.78 is 0. The van der Waals surface area contributed by atoms with Crippen LogP contribution in [0.4, 0.5) is 0 Å². The van der Waals surface area contributed by atoms with Crippen LogP contribution in [-0.2, 0) is 4.79 Å². The van der Waals surface area contributed by atoms with Crippen LogP contribution in [0.25, 0.3) is 0 Å². The van der Waals surface area contributed by atoms with Gasteiger partial charge in [0.2, 0.25) is 5.91 Å². The van der Waals surface area contributed by atoms with E-state index in [4.69, 9.17) is 5.73 Å². The van der Waals surface area contributed by atoms with E-state index in [1.54, 1.807) is 0 Å². The molecule has 0 saturated carbocycles. The van der Waals surface area contributed by atoms with Crippen molar-refractivity contribution in [1.82, 2.24) is 15.2 Å². The summed E-state index contributed by atoms with van der Waals surface area (Å²) in [6, 6.07) is 1.33. The maximum atomic E-state index is 12.4. The van der Waals surface area contributed by atoms with Crippen molar-refractivity contribution in [1.29, 1.82) is 0 Å². The third-order valence-corrected chi connectivity index (χ3v) is 3.09. The van der Waals surface area contributed by atoms with Crippen LogP contribution in [0.15, 0.2) is 18.5 Å². The number of aromatic nitrogens is 1. The van der Waals surface area contributed by atoms with E-state index in [0.29, 0.717) is 6.54 Å². The molecule has 2 amide bonds. The predicted molar refractivity (Wildman–Crippen MR) is 67.4 cm³/mol. The molecule has 7 heteroatoms. The van der Waals surface area contributed by atoms with Crippen LogP contribution >= 0.6 is 0 Å². The number of carbonyl (C=O) groups excluding carboxylic acids is 2. The zero-order valence-corrected chi connectivity index (χ0v) is 10.4. The number of nitrogens with one attached hydrogen (secondary N) is 1. The molecule has 1 aromatic heterocycles. The molecule has 4 N–H and O–H groups in total. The van der Waals surface area contributed by atoms with Gasteiger partial charge < -0.3 is 21.1 Å². The van der Waals surface area contributed by atoms with E-state index in [0.717, 1.165) is 13.0 Å². The van der Waals surface area contributed by atoms with E-state index in [1.165, 1.54) is 23.4 Å². The molecule has 1 aliphatic heterocycles. The van der Waals surface area contributed by atoms with Gasteiger partial charge in [0.15, 0.2) is 0 Å². The zero-order valence-electron chi connectivity index (χ0n) is 10.4. The van der Waals surface area contributed by atoms with Gasteiger partial charge in [0, 0.05) is 18.8 Å². The highest BCUT2D eigenvalue weighted by Gasteiger charge is 2.29. The minimum Gasteiger partial charge on any atom is -0.505 e. The van der Waals surface area contributed by atoms with Crippen LogP contribution in [0.2, 0.25) is 0 Å². The van der Waals surface area contributed by atoms with Crippen molar-refractivity contribution in [2.45, 2.75) is 12.5 Å². The van der Waals surface area contributed by atoms with Crippen molar-refractivity contribution >= 4 is 11.8 Å². The molecule has 0 bridgehead atoms. The molecule has 1 fully saturated rings. The fraction of sp³-hybridized carbons (Fsp3) is 0.417. The van der Waals surface area contributed by atoms with Gasteiger partial charge in [-0.15, -0.1) is 0 Å². The quantitative estimate of drug-likeness (QED) is 0.651. The first kappa shape index (κ1) is 13.3. The van der Waals surface area contributed by atoms with Crippen LogP contribution in [0.3, 0.4) is 0 Å². The molecule has 7 nitrogen and oxygen atoms in total. The number of carbonyl (C=O) groups is 2. The van der Waals surface area contributed by atoms with E-state index >= 15 is 0 Å². The summed E-state index contributed by atoms with van der Waals surface area (Å²) in [5.41, 5.74) is 5.31. The number of rotatable bonds is 4. The van der Waals surface area contributed by atoms with Crippen molar-refractivity contribution in [3.63, 3.8) is 0 Å². The molecular weight excluding hydrogens is 248 g/mol. The Labute approximate surface area is 110 Å². The normalized spacial score (nSPS) is 18.2. The second-order valence-electron chi connectivity index (χ2n) is 4.44. The Morgan fingerprint density at radius 2 is 2.37 bits per heavy atom. The largest absolute Gasteiger partial charge is 0.505 e. The second kappa shape index (κ2) is 5.66. The third kappa shape index (κ3) is 3.00. The van der Waals surface area contributed by atoms with Gasteiger partial charge in [0.05, 0.1) is 18.3 Å². The average molecular weight is 264 g/mol. The molecule has 2 heterocycles. The van der Waals surface area contributed by atoms with E-state index in [2.05, 4.69) is 10.3 Å². The predicted octanol–water partition coefficient (Wildman–Crippen LogP) is -0.923. The standard InChI is InChI=1S/C12H16N4O3/c13-11(18)7-16(8-1-3-14-5-8)12(19)9-2-4-15-6-10(9)17/h2,4,6,8,14,17H,1,3,5,7H2,(H2,13,18). The van der Waals surface area contributed by atoms with E-state index < -0.39 is 11.8 Å².